The van der Waals surface area contributed by atoms with Crippen molar-refractivity contribution in [1.29, 1.82) is 0 Å². The van der Waals surface area contributed by atoms with E-state index in [1.807, 2.05) is 6.92 Å². The van der Waals surface area contributed by atoms with E-state index in [1.165, 1.54) is 23.5 Å². The van der Waals surface area contributed by atoms with Gasteiger partial charge < -0.3 is 4.98 Å². The highest BCUT2D eigenvalue weighted by molar-refractivity contribution is 7.92. The summed E-state index contributed by atoms with van der Waals surface area (Å²) in [5.41, 5.74) is 2.41. The molecule has 0 aliphatic rings. The third-order valence-electron chi connectivity index (χ3n) is 3.72. The van der Waals surface area contributed by atoms with Crippen LogP contribution in [-0.4, -0.2) is 25.4 Å². The molecule has 120 valence electrons. The van der Waals surface area contributed by atoms with Gasteiger partial charge in [-0.05, 0) is 55.8 Å². The largest absolute Gasteiger partial charge is 0.342 e. The van der Waals surface area contributed by atoms with Gasteiger partial charge in [-0.25, -0.2) is 17.8 Å². The average molecular weight is 333 g/mol. The van der Waals surface area contributed by atoms with Gasteiger partial charge in [0.05, 0.1) is 21.6 Å². The zero-order chi connectivity index (χ0) is 16.8. The Morgan fingerprint density at radius 3 is 2.57 bits per heavy atom. The van der Waals surface area contributed by atoms with Crippen molar-refractivity contribution in [3.05, 3.63) is 53.6 Å². The van der Waals surface area contributed by atoms with Crippen LogP contribution in [0.25, 0.3) is 11.0 Å². The van der Waals surface area contributed by atoms with Crippen molar-refractivity contribution in [3.63, 3.8) is 0 Å². The predicted octanol–water partition coefficient (Wildman–Crippen LogP) is 3.14. The van der Waals surface area contributed by atoms with Gasteiger partial charge in [-0.15, -0.1) is 0 Å². The van der Waals surface area contributed by atoms with Crippen LogP contribution in [0.2, 0.25) is 0 Å². The molecule has 1 aromatic heterocycles. The number of aromatic amines is 1. The summed E-state index contributed by atoms with van der Waals surface area (Å²) < 4.78 is 40.0. The number of H-pyrrole nitrogens is 1. The zero-order valence-corrected chi connectivity index (χ0v) is 13.8. The van der Waals surface area contributed by atoms with Crippen molar-refractivity contribution < 1.29 is 12.8 Å². The fraction of sp³-hybridized carbons (Fsp3) is 0.188. The number of anilines is 1. The number of hydrogen-bond acceptors (Lipinski definition) is 3. The Labute approximate surface area is 133 Å². The van der Waals surface area contributed by atoms with Gasteiger partial charge in [0, 0.05) is 7.05 Å². The van der Waals surface area contributed by atoms with Gasteiger partial charge in [0.1, 0.15) is 11.6 Å². The monoisotopic (exact) mass is 333 g/mol. The molecule has 0 fully saturated rings. The SMILES string of the molecule is Cc1nc2ccc(N(C)S(=O)(=O)c3ccc(F)cc3C)cc2[nH]1. The molecule has 1 heterocycles. The minimum absolute atomic E-state index is 0.0855. The Morgan fingerprint density at radius 2 is 1.87 bits per heavy atom. The van der Waals surface area contributed by atoms with E-state index >= 15 is 0 Å². The molecule has 23 heavy (non-hydrogen) atoms. The van der Waals surface area contributed by atoms with Gasteiger partial charge in [-0.1, -0.05) is 0 Å². The van der Waals surface area contributed by atoms with Crippen molar-refractivity contribution in [2.45, 2.75) is 18.7 Å². The van der Waals surface area contributed by atoms with Crippen molar-refractivity contribution in [3.8, 4) is 0 Å². The summed E-state index contributed by atoms with van der Waals surface area (Å²) in [7, 11) is -2.29. The van der Waals surface area contributed by atoms with Gasteiger partial charge in [0.15, 0.2) is 0 Å². The number of aromatic nitrogens is 2. The summed E-state index contributed by atoms with van der Waals surface area (Å²) in [4.78, 5) is 7.46. The molecule has 0 aliphatic carbocycles. The molecule has 2 aromatic carbocycles. The van der Waals surface area contributed by atoms with E-state index < -0.39 is 15.8 Å². The van der Waals surface area contributed by atoms with Crippen LogP contribution in [-0.2, 0) is 10.0 Å². The highest BCUT2D eigenvalue weighted by Crippen LogP contribution is 2.27. The topological polar surface area (TPSA) is 66.1 Å². The lowest BCUT2D eigenvalue weighted by atomic mass is 10.2. The number of sulfonamides is 1. The molecule has 3 aromatic rings. The van der Waals surface area contributed by atoms with Crippen LogP contribution in [0.15, 0.2) is 41.3 Å². The Bertz CT molecular complexity index is 996. The molecule has 0 saturated heterocycles. The van der Waals surface area contributed by atoms with E-state index in [1.54, 1.807) is 25.1 Å². The number of imidazole rings is 1. The van der Waals surface area contributed by atoms with E-state index in [0.29, 0.717) is 11.3 Å². The third-order valence-corrected chi connectivity index (χ3v) is 5.67. The maximum absolute atomic E-state index is 13.2. The molecule has 0 bridgehead atoms. The van der Waals surface area contributed by atoms with Gasteiger partial charge in [0.2, 0.25) is 0 Å². The van der Waals surface area contributed by atoms with Gasteiger partial charge in [-0.2, -0.15) is 0 Å². The van der Waals surface area contributed by atoms with Gasteiger partial charge in [0.25, 0.3) is 10.0 Å². The lowest BCUT2D eigenvalue weighted by Crippen LogP contribution is -2.27. The highest BCUT2D eigenvalue weighted by atomic mass is 32.2. The highest BCUT2D eigenvalue weighted by Gasteiger charge is 2.23. The van der Waals surface area contributed by atoms with Crippen LogP contribution in [0.4, 0.5) is 10.1 Å². The van der Waals surface area contributed by atoms with E-state index in [-0.39, 0.29) is 4.90 Å². The molecule has 0 aliphatic heterocycles. The summed E-state index contributed by atoms with van der Waals surface area (Å²) in [5, 5.41) is 0. The number of benzene rings is 2. The van der Waals surface area contributed by atoms with Crippen molar-refractivity contribution in [2.24, 2.45) is 0 Å². The fourth-order valence-corrected chi connectivity index (χ4v) is 3.90. The van der Waals surface area contributed by atoms with Crippen LogP contribution in [0, 0.1) is 19.7 Å². The molecular weight excluding hydrogens is 317 g/mol. The van der Waals surface area contributed by atoms with Crippen LogP contribution in [0.1, 0.15) is 11.4 Å². The van der Waals surface area contributed by atoms with Gasteiger partial charge >= 0.3 is 0 Å². The quantitative estimate of drug-likeness (QED) is 0.801. The molecule has 0 saturated carbocycles. The van der Waals surface area contributed by atoms with Crippen molar-refractivity contribution in [1.82, 2.24) is 9.97 Å². The first-order valence-electron chi connectivity index (χ1n) is 7.00. The summed E-state index contributed by atoms with van der Waals surface area (Å²) in [6.07, 6.45) is 0. The summed E-state index contributed by atoms with van der Waals surface area (Å²) >= 11 is 0. The summed E-state index contributed by atoms with van der Waals surface area (Å²) in [6, 6.07) is 8.83. The van der Waals surface area contributed by atoms with Gasteiger partial charge in [-0.3, -0.25) is 4.31 Å². The van der Waals surface area contributed by atoms with Crippen LogP contribution in [0.5, 0.6) is 0 Å². The van der Waals surface area contributed by atoms with Crippen LogP contribution in [0.3, 0.4) is 0 Å². The van der Waals surface area contributed by atoms with E-state index in [4.69, 9.17) is 0 Å². The van der Waals surface area contributed by atoms with E-state index in [2.05, 4.69) is 9.97 Å². The first-order chi connectivity index (χ1) is 10.8. The Kier molecular flexibility index (Phi) is 3.60. The number of rotatable bonds is 3. The normalized spacial score (nSPS) is 11.8. The number of fused-ring (bicyclic) bond motifs is 1. The minimum Gasteiger partial charge on any atom is -0.342 e. The predicted molar refractivity (Wildman–Crippen MR) is 87.6 cm³/mol. The second-order valence-corrected chi connectivity index (χ2v) is 7.34. The molecule has 7 heteroatoms. The van der Waals surface area contributed by atoms with E-state index in [0.717, 1.165) is 22.9 Å². The van der Waals surface area contributed by atoms with Crippen LogP contribution < -0.4 is 4.31 Å². The van der Waals surface area contributed by atoms with Crippen molar-refractivity contribution >= 4 is 26.7 Å². The second-order valence-electron chi connectivity index (χ2n) is 5.41. The number of nitrogens with one attached hydrogen (secondary N) is 1. The minimum atomic E-state index is -3.77. The average Bonchev–Trinajstić information content (AvgIpc) is 2.85. The standard InChI is InChI=1S/C16H16FN3O2S/c1-10-8-12(17)4-7-16(10)23(21,22)20(3)13-5-6-14-15(9-13)19-11(2)18-14/h4-9H,1-3H3,(H,18,19). The molecule has 0 spiro atoms. The molecular formula is C16H16FN3O2S. The third kappa shape index (κ3) is 2.68. The first-order valence-corrected chi connectivity index (χ1v) is 8.44. The Morgan fingerprint density at radius 1 is 1.13 bits per heavy atom. The lowest BCUT2D eigenvalue weighted by molar-refractivity contribution is 0.592. The smallest absolute Gasteiger partial charge is 0.264 e. The molecule has 0 radical (unpaired) electrons. The lowest BCUT2D eigenvalue weighted by Gasteiger charge is -2.20. The number of halogens is 1. The molecule has 5 nitrogen and oxygen atoms in total. The molecule has 0 unspecified atom stereocenters. The fourth-order valence-electron chi connectivity index (χ4n) is 2.51. The Hall–Kier alpha value is -2.41. The summed E-state index contributed by atoms with van der Waals surface area (Å²) in [6.45, 7) is 3.41. The molecule has 1 N–H and O–H groups in total. The Balaban J connectivity index is 2.07. The second kappa shape index (κ2) is 5.34. The van der Waals surface area contributed by atoms with E-state index in [9.17, 15) is 12.8 Å². The molecule has 0 atom stereocenters. The number of aryl methyl sites for hydroxylation is 2. The molecule has 3 rings (SSSR count). The van der Waals surface area contributed by atoms with Crippen LogP contribution >= 0.6 is 0 Å². The number of hydrogen-bond donors (Lipinski definition) is 1. The first kappa shape index (κ1) is 15.5. The summed E-state index contributed by atoms with van der Waals surface area (Å²) in [5.74, 6) is 0.301. The van der Waals surface area contributed by atoms with Crippen molar-refractivity contribution in [2.75, 3.05) is 11.4 Å². The zero-order valence-electron chi connectivity index (χ0n) is 13.0. The maximum atomic E-state index is 13.2. The molecule has 0 amide bonds. The number of nitrogens with zero attached hydrogens (tertiary/aromatic N) is 2. The maximum Gasteiger partial charge on any atom is 0.264 e.